The summed E-state index contributed by atoms with van der Waals surface area (Å²) in [6, 6.07) is 2.10. The zero-order valence-electron chi connectivity index (χ0n) is 11.1. The lowest BCUT2D eigenvalue weighted by molar-refractivity contribution is 0.378. The van der Waals surface area contributed by atoms with Gasteiger partial charge in [-0.3, -0.25) is 0 Å². The summed E-state index contributed by atoms with van der Waals surface area (Å²) in [7, 11) is 0. The molecule has 0 spiro atoms. The third kappa shape index (κ3) is 1.75. The van der Waals surface area contributed by atoms with Crippen LogP contribution in [0.25, 0.3) is 5.52 Å². The SMILES string of the molecule is Cc1cc2c(N3CCNCC3(C)C)nccn2n1. The standard InChI is InChI=1S/C13H19N5/c1-10-8-11-12(15-5-7-18(11)16-10)17-6-4-14-9-13(17,2)3/h5,7-8,14H,4,6,9H2,1-3H3. The minimum atomic E-state index is 0.0747. The fourth-order valence-corrected chi connectivity index (χ4v) is 2.61. The Morgan fingerprint density at radius 2 is 2.22 bits per heavy atom. The van der Waals surface area contributed by atoms with Crippen molar-refractivity contribution in [2.75, 3.05) is 24.5 Å². The second-order valence-electron chi connectivity index (χ2n) is 5.51. The minimum absolute atomic E-state index is 0.0747. The van der Waals surface area contributed by atoms with Gasteiger partial charge in [0.05, 0.1) is 5.69 Å². The van der Waals surface area contributed by atoms with Gasteiger partial charge in [-0.05, 0) is 26.8 Å². The highest BCUT2D eigenvalue weighted by Crippen LogP contribution is 2.27. The molecule has 3 rings (SSSR count). The Bertz CT molecular complexity index is 572. The maximum atomic E-state index is 4.58. The monoisotopic (exact) mass is 245 g/mol. The summed E-state index contributed by atoms with van der Waals surface area (Å²) in [5.41, 5.74) is 2.19. The Hall–Kier alpha value is -1.62. The molecule has 96 valence electrons. The smallest absolute Gasteiger partial charge is 0.155 e. The highest BCUT2D eigenvalue weighted by atomic mass is 15.3. The molecule has 1 N–H and O–H groups in total. The molecule has 1 aliphatic rings. The molecule has 0 bridgehead atoms. The van der Waals surface area contributed by atoms with Crippen molar-refractivity contribution < 1.29 is 0 Å². The topological polar surface area (TPSA) is 45.5 Å². The van der Waals surface area contributed by atoms with Crippen LogP contribution in [0.15, 0.2) is 18.5 Å². The van der Waals surface area contributed by atoms with Gasteiger partial charge in [0.25, 0.3) is 0 Å². The van der Waals surface area contributed by atoms with E-state index in [2.05, 4.69) is 40.2 Å². The van der Waals surface area contributed by atoms with E-state index in [1.807, 2.05) is 23.8 Å². The third-order valence-electron chi connectivity index (χ3n) is 3.55. The molecular weight excluding hydrogens is 226 g/mol. The fraction of sp³-hybridized carbons (Fsp3) is 0.538. The normalized spacial score (nSPS) is 19.4. The number of piperazine rings is 1. The Kier molecular flexibility index (Phi) is 2.52. The van der Waals surface area contributed by atoms with Crippen LogP contribution in [-0.4, -0.2) is 39.8 Å². The second kappa shape index (κ2) is 3.95. The van der Waals surface area contributed by atoms with Crippen molar-refractivity contribution in [3.8, 4) is 0 Å². The summed E-state index contributed by atoms with van der Waals surface area (Å²) in [4.78, 5) is 6.95. The molecule has 2 aromatic rings. The van der Waals surface area contributed by atoms with Crippen LogP contribution in [0.2, 0.25) is 0 Å². The average molecular weight is 245 g/mol. The Morgan fingerprint density at radius 3 is 3.00 bits per heavy atom. The van der Waals surface area contributed by atoms with Gasteiger partial charge >= 0.3 is 0 Å². The largest absolute Gasteiger partial charge is 0.347 e. The summed E-state index contributed by atoms with van der Waals surface area (Å²) in [5.74, 6) is 1.03. The molecular formula is C13H19N5. The van der Waals surface area contributed by atoms with Crippen LogP contribution in [0, 0.1) is 6.92 Å². The fourth-order valence-electron chi connectivity index (χ4n) is 2.61. The second-order valence-corrected chi connectivity index (χ2v) is 5.51. The first kappa shape index (κ1) is 11.5. The van der Waals surface area contributed by atoms with Crippen molar-refractivity contribution in [2.45, 2.75) is 26.3 Å². The maximum Gasteiger partial charge on any atom is 0.155 e. The lowest BCUT2D eigenvalue weighted by Gasteiger charge is -2.43. The molecule has 0 amide bonds. The Balaban J connectivity index is 2.13. The highest BCUT2D eigenvalue weighted by molar-refractivity contribution is 5.70. The van der Waals surface area contributed by atoms with Crippen LogP contribution in [0.1, 0.15) is 19.5 Å². The number of rotatable bonds is 1. The molecule has 18 heavy (non-hydrogen) atoms. The molecule has 5 heteroatoms. The lowest BCUT2D eigenvalue weighted by atomic mass is 10.00. The summed E-state index contributed by atoms with van der Waals surface area (Å²) >= 11 is 0. The summed E-state index contributed by atoms with van der Waals surface area (Å²) in [5, 5.41) is 7.89. The predicted molar refractivity (Wildman–Crippen MR) is 72.0 cm³/mol. The average Bonchev–Trinajstić information content (AvgIpc) is 2.68. The Labute approximate surface area is 107 Å². The van der Waals surface area contributed by atoms with E-state index in [0.717, 1.165) is 36.7 Å². The number of nitrogens with one attached hydrogen (secondary N) is 1. The highest BCUT2D eigenvalue weighted by Gasteiger charge is 2.31. The first-order valence-electron chi connectivity index (χ1n) is 6.37. The van der Waals surface area contributed by atoms with E-state index in [-0.39, 0.29) is 5.54 Å². The van der Waals surface area contributed by atoms with Gasteiger partial charge in [0.1, 0.15) is 5.52 Å². The maximum absolute atomic E-state index is 4.58. The quantitative estimate of drug-likeness (QED) is 0.820. The van der Waals surface area contributed by atoms with E-state index in [1.54, 1.807) is 0 Å². The molecule has 1 saturated heterocycles. The molecule has 3 heterocycles. The van der Waals surface area contributed by atoms with E-state index < -0.39 is 0 Å². The molecule has 0 unspecified atom stereocenters. The van der Waals surface area contributed by atoms with Crippen molar-refractivity contribution in [3.63, 3.8) is 0 Å². The van der Waals surface area contributed by atoms with Crippen molar-refractivity contribution in [1.29, 1.82) is 0 Å². The summed E-state index contributed by atoms with van der Waals surface area (Å²) in [6.07, 6.45) is 3.73. The molecule has 0 atom stereocenters. The number of hydrogen-bond acceptors (Lipinski definition) is 4. The molecule has 1 aliphatic heterocycles. The van der Waals surface area contributed by atoms with Crippen LogP contribution >= 0.6 is 0 Å². The van der Waals surface area contributed by atoms with E-state index in [4.69, 9.17) is 0 Å². The van der Waals surface area contributed by atoms with Crippen LogP contribution in [0.5, 0.6) is 0 Å². The number of fused-ring (bicyclic) bond motifs is 1. The molecule has 5 nitrogen and oxygen atoms in total. The van der Waals surface area contributed by atoms with Crippen LogP contribution in [0.3, 0.4) is 0 Å². The Morgan fingerprint density at radius 1 is 1.39 bits per heavy atom. The first-order valence-corrected chi connectivity index (χ1v) is 6.37. The number of aromatic nitrogens is 3. The number of anilines is 1. The van der Waals surface area contributed by atoms with Gasteiger partial charge in [-0.25, -0.2) is 9.50 Å². The van der Waals surface area contributed by atoms with E-state index >= 15 is 0 Å². The van der Waals surface area contributed by atoms with Gasteiger partial charge in [0.15, 0.2) is 5.82 Å². The van der Waals surface area contributed by atoms with Crippen LogP contribution in [0.4, 0.5) is 5.82 Å². The van der Waals surface area contributed by atoms with Crippen LogP contribution < -0.4 is 10.2 Å². The predicted octanol–water partition coefficient (Wildman–Crippen LogP) is 1.23. The van der Waals surface area contributed by atoms with Gasteiger partial charge in [-0.1, -0.05) is 0 Å². The van der Waals surface area contributed by atoms with Crippen molar-refractivity contribution >= 4 is 11.3 Å². The zero-order valence-corrected chi connectivity index (χ0v) is 11.1. The number of nitrogens with zero attached hydrogens (tertiary/aromatic N) is 4. The van der Waals surface area contributed by atoms with Gasteiger partial charge in [-0.15, -0.1) is 0 Å². The lowest BCUT2D eigenvalue weighted by Crippen LogP contribution is -2.58. The molecule has 0 saturated carbocycles. The van der Waals surface area contributed by atoms with Gasteiger partial charge < -0.3 is 10.2 Å². The molecule has 2 aromatic heterocycles. The molecule has 0 aromatic carbocycles. The zero-order chi connectivity index (χ0) is 12.8. The molecule has 1 fully saturated rings. The summed E-state index contributed by atoms with van der Waals surface area (Å²) < 4.78 is 1.91. The summed E-state index contributed by atoms with van der Waals surface area (Å²) in [6.45, 7) is 9.45. The number of aryl methyl sites for hydroxylation is 1. The van der Waals surface area contributed by atoms with Crippen molar-refractivity contribution in [2.24, 2.45) is 0 Å². The van der Waals surface area contributed by atoms with Crippen LogP contribution in [-0.2, 0) is 0 Å². The van der Waals surface area contributed by atoms with E-state index in [9.17, 15) is 0 Å². The van der Waals surface area contributed by atoms with Crippen molar-refractivity contribution in [3.05, 3.63) is 24.2 Å². The molecule has 0 radical (unpaired) electrons. The van der Waals surface area contributed by atoms with Crippen molar-refractivity contribution in [1.82, 2.24) is 19.9 Å². The molecule has 0 aliphatic carbocycles. The third-order valence-corrected chi connectivity index (χ3v) is 3.55. The van der Waals surface area contributed by atoms with Gasteiger partial charge in [0, 0.05) is 37.6 Å². The van der Waals surface area contributed by atoms with Gasteiger partial charge in [0.2, 0.25) is 0 Å². The van der Waals surface area contributed by atoms with E-state index in [0.29, 0.717) is 0 Å². The minimum Gasteiger partial charge on any atom is -0.347 e. The van der Waals surface area contributed by atoms with Gasteiger partial charge in [-0.2, -0.15) is 5.10 Å². The van der Waals surface area contributed by atoms with E-state index in [1.165, 1.54) is 0 Å². The first-order chi connectivity index (χ1) is 8.58. The number of hydrogen-bond donors (Lipinski definition) is 1.